The molecule has 0 heterocycles. The Kier molecular flexibility index (Phi) is 5.05. The first-order valence-corrected chi connectivity index (χ1v) is 7.56. The lowest BCUT2D eigenvalue weighted by atomic mass is 9.80. The van der Waals surface area contributed by atoms with Crippen LogP contribution in [-0.4, -0.2) is 12.6 Å². The van der Waals surface area contributed by atoms with Gasteiger partial charge < -0.3 is 5.32 Å². The van der Waals surface area contributed by atoms with Gasteiger partial charge in [-0.3, -0.25) is 0 Å². The van der Waals surface area contributed by atoms with Crippen LogP contribution in [0.3, 0.4) is 0 Å². The summed E-state index contributed by atoms with van der Waals surface area (Å²) in [6, 6.07) is 9.49. The Hall–Kier alpha value is -0.340. The fourth-order valence-corrected chi connectivity index (χ4v) is 3.40. The predicted molar refractivity (Wildman–Crippen MR) is 77.3 cm³/mol. The molecule has 0 aliphatic heterocycles. The molecule has 1 aromatic rings. The zero-order chi connectivity index (χ0) is 12.1. The molecule has 17 heavy (non-hydrogen) atoms. The second-order valence-corrected chi connectivity index (χ2v) is 5.96. The first-order chi connectivity index (χ1) is 8.29. The van der Waals surface area contributed by atoms with Gasteiger partial charge in [0.2, 0.25) is 0 Å². The number of nitrogens with one attached hydrogen (secondary N) is 1. The average Bonchev–Trinajstić information content (AvgIpc) is 2.32. The Morgan fingerprint density at radius 2 is 2.12 bits per heavy atom. The molecule has 1 aromatic carbocycles. The zero-order valence-corrected chi connectivity index (χ0v) is 12.2. The monoisotopic (exact) mass is 295 g/mol. The molecular weight excluding hydrogens is 274 g/mol. The van der Waals surface area contributed by atoms with Gasteiger partial charge in [0.1, 0.15) is 0 Å². The molecule has 2 rings (SSSR count). The van der Waals surface area contributed by atoms with Crippen molar-refractivity contribution in [3.63, 3.8) is 0 Å². The summed E-state index contributed by atoms with van der Waals surface area (Å²) in [5.41, 5.74) is 1.47. The summed E-state index contributed by atoms with van der Waals surface area (Å²) < 4.78 is 1.20. The molecule has 0 aromatic heterocycles. The lowest BCUT2D eigenvalue weighted by Crippen LogP contribution is -2.39. The van der Waals surface area contributed by atoms with Gasteiger partial charge >= 0.3 is 0 Å². The molecule has 1 saturated carbocycles. The van der Waals surface area contributed by atoms with Crippen molar-refractivity contribution < 1.29 is 0 Å². The van der Waals surface area contributed by atoms with Gasteiger partial charge in [-0.05, 0) is 49.4 Å². The molecular formula is C15H22BrN. The Morgan fingerprint density at radius 3 is 2.88 bits per heavy atom. The van der Waals surface area contributed by atoms with Crippen LogP contribution in [0.15, 0.2) is 28.7 Å². The van der Waals surface area contributed by atoms with Gasteiger partial charge in [-0.1, -0.05) is 47.8 Å². The molecule has 0 radical (unpaired) electrons. The van der Waals surface area contributed by atoms with E-state index in [1.165, 1.54) is 42.1 Å². The van der Waals surface area contributed by atoms with Crippen LogP contribution in [0, 0.1) is 5.92 Å². The number of hydrogen-bond acceptors (Lipinski definition) is 1. The molecule has 1 aliphatic carbocycles. The largest absolute Gasteiger partial charge is 0.314 e. The minimum Gasteiger partial charge on any atom is -0.314 e. The minimum atomic E-state index is 0.729. The molecule has 2 heteroatoms. The van der Waals surface area contributed by atoms with Gasteiger partial charge in [-0.25, -0.2) is 0 Å². The molecule has 1 fully saturated rings. The highest BCUT2D eigenvalue weighted by molar-refractivity contribution is 9.10. The SMILES string of the molecule is CCNC1CCCCC1Cc1cccc(Br)c1. The van der Waals surface area contributed by atoms with E-state index in [4.69, 9.17) is 0 Å². The minimum absolute atomic E-state index is 0.729. The van der Waals surface area contributed by atoms with Crippen LogP contribution in [0.4, 0.5) is 0 Å². The maximum atomic E-state index is 3.66. The van der Waals surface area contributed by atoms with Crippen LogP contribution < -0.4 is 5.32 Å². The molecule has 1 aliphatic rings. The zero-order valence-electron chi connectivity index (χ0n) is 10.6. The summed E-state index contributed by atoms with van der Waals surface area (Å²) in [6.07, 6.45) is 6.75. The lowest BCUT2D eigenvalue weighted by molar-refractivity contribution is 0.264. The van der Waals surface area contributed by atoms with Gasteiger partial charge in [0.25, 0.3) is 0 Å². The van der Waals surface area contributed by atoms with E-state index in [9.17, 15) is 0 Å². The summed E-state index contributed by atoms with van der Waals surface area (Å²) in [5, 5.41) is 3.66. The maximum absolute atomic E-state index is 3.66. The molecule has 0 amide bonds. The standard InChI is InChI=1S/C15H22BrN/c1-2-17-15-9-4-3-7-13(15)10-12-6-5-8-14(16)11-12/h5-6,8,11,13,15,17H,2-4,7,9-10H2,1H3. The summed E-state index contributed by atoms with van der Waals surface area (Å²) in [6.45, 7) is 3.31. The van der Waals surface area contributed by atoms with Crippen molar-refractivity contribution in [2.75, 3.05) is 6.54 Å². The van der Waals surface area contributed by atoms with E-state index in [1.807, 2.05) is 0 Å². The van der Waals surface area contributed by atoms with Gasteiger partial charge in [0.05, 0.1) is 0 Å². The number of benzene rings is 1. The van der Waals surface area contributed by atoms with Crippen molar-refractivity contribution in [1.29, 1.82) is 0 Å². The van der Waals surface area contributed by atoms with E-state index in [0.717, 1.165) is 18.5 Å². The van der Waals surface area contributed by atoms with Crippen LogP contribution in [-0.2, 0) is 6.42 Å². The van der Waals surface area contributed by atoms with Crippen LogP contribution in [0.2, 0.25) is 0 Å². The van der Waals surface area contributed by atoms with E-state index in [2.05, 4.69) is 52.4 Å². The van der Waals surface area contributed by atoms with E-state index in [1.54, 1.807) is 0 Å². The van der Waals surface area contributed by atoms with Crippen molar-refractivity contribution in [1.82, 2.24) is 5.32 Å². The Morgan fingerprint density at radius 1 is 1.29 bits per heavy atom. The summed E-state index contributed by atoms with van der Waals surface area (Å²) in [4.78, 5) is 0. The third-order valence-corrected chi connectivity index (χ3v) is 4.26. The first kappa shape index (κ1) is 13.1. The van der Waals surface area contributed by atoms with Gasteiger partial charge in [0.15, 0.2) is 0 Å². The number of halogens is 1. The topological polar surface area (TPSA) is 12.0 Å². The quantitative estimate of drug-likeness (QED) is 0.879. The Labute approximate surface area is 113 Å². The Bertz CT molecular complexity index is 349. The van der Waals surface area contributed by atoms with Crippen molar-refractivity contribution in [3.8, 4) is 0 Å². The van der Waals surface area contributed by atoms with Gasteiger partial charge in [-0.15, -0.1) is 0 Å². The second-order valence-electron chi connectivity index (χ2n) is 5.04. The molecule has 0 spiro atoms. The summed E-state index contributed by atoms with van der Waals surface area (Å²) >= 11 is 3.56. The molecule has 0 bridgehead atoms. The molecule has 1 nitrogen and oxygen atoms in total. The number of rotatable bonds is 4. The molecule has 0 saturated heterocycles. The summed E-state index contributed by atoms with van der Waals surface area (Å²) in [5.74, 6) is 0.818. The van der Waals surface area contributed by atoms with E-state index < -0.39 is 0 Å². The fourth-order valence-electron chi connectivity index (χ4n) is 2.95. The highest BCUT2D eigenvalue weighted by Gasteiger charge is 2.24. The molecule has 2 atom stereocenters. The first-order valence-electron chi connectivity index (χ1n) is 6.77. The third-order valence-electron chi connectivity index (χ3n) is 3.76. The normalized spacial score (nSPS) is 24.8. The molecule has 2 unspecified atom stereocenters. The van der Waals surface area contributed by atoms with Gasteiger partial charge in [-0.2, -0.15) is 0 Å². The van der Waals surface area contributed by atoms with Crippen LogP contribution in [0.5, 0.6) is 0 Å². The highest BCUT2D eigenvalue weighted by atomic mass is 79.9. The van der Waals surface area contributed by atoms with Crippen molar-refractivity contribution in [2.24, 2.45) is 5.92 Å². The number of hydrogen-bond donors (Lipinski definition) is 1. The maximum Gasteiger partial charge on any atom is 0.0177 e. The fraction of sp³-hybridized carbons (Fsp3) is 0.600. The summed E-state index contributed by atoms with van der Waals surface area (Å²) in [7, 11) is 0. The average molecular weight is 296 g/mol. The molecule has 94 valence electrons. The van der Waals surface area contributed by atoms with E-state index in [-0.39, 0.29) is 0 Å². The van der Waals surface area contributed by atoms with E-state index >= 15 is 0 Å². The molecule has 1 N–H and O–H groups in total. The Balaban J connectivity index is 2.00. The highest BCUT2D eigenvalue weighted by Crippen LogP contribution is 2.28. The van der Waals surface area contributed by atoms with Crippen LogP contribution >= 0.6 is 15.9 Å². The van der Waals surface area contributed by atoms with Crippen LogP contribution in [0.1, 0.15) is 38.2 Å². The predicted octanol–water partition coefficient (Wildman–Crippen LogP) is 4.16. The third kappa shape index (κ3) is 3.82. The second kappa shape index (κ2) is 6.55. The smallest absolute Gasteiger partial charge is 0.0177 e. The lowest BCUT2D eigenvalue weighted by Gasteiger charge is -2.32. The van der Waals surface area contributed by atoms with Crippen LogP contribution in [0.25, 0.3) is 0 Å². The van der Waals surface area contributed by atoms with E-state index in [0.29, 0.717) is 0 Å². The van der Waals surface area contributed by atoms with Crippen molar-refractivity contribution in [2.45, 2.75) is 45.1 Å². The van der Waals surface area contributed by atoms with Gasteiger partial charge in [0, 0.05) is 10.5 Å². The van der Waals surface area contributed by atoms with Crippen molar-refractivity contribution in [3.05, 3.63) is 34.3 Å². The van der Waals surface area contributed by atoms with Crippen molar-refractivity contribution >= 4 is 15.9 Å².